The summed E-state index contributed by atoms with van der Waals surface area (Å²) >= 11 is 0. The lowest BCUT2D eigenvalue weighted by atomic mass is 9.79. The zero-order valence-corrected chi connectivity index (χ0v) is 9.27. The molecule has 1 fully saturated rings. The number of aliphatic hydroxyl groups excluding tert-OH is 1. The summed E-state index contributed by atoms with van der Waals surface area (Å²) < 4.78 is 12.8. The van der Waals surface area contributed by atoms with E-state index in [4.69, 9.17) is 5.73 Å². The van der Waals surface area contributed by atoms with Gasteiger partial charge in [-0.2, -0.15) is 0 Å². The average Bonchev–Trinajstić information content (AvgIpc) is 2.30. The summed E-state index contributed by atoms with van der Waals surface area (Å²) in [6.07, 6.45) is 3.64. The zero-order valence-electron chi connectivity index (χ0n) is 9.27. The minimum absolute atomic E-state index is 0.0637. The molecule has 1 aliphatic rings. The van der Waals surface area contributed by atoms with Crippen molar-refractivity contribution in [2.45, 2.75) is 37.8 Å². The largest absolute Gasteiger partial charge is 0.388 e. The fraction of sp³-hybridized carbons (Fsp3) is 0.538. The van der Waals surface area contributed by atoms with Gasteiger partial charge in [-0.3, -0.25) is 0 Å². The number of hydrogen-bond donors (Lipinski definition) is 2. The van der Waals surface area contributed by atoms with Crippen molar-refractivity contribution < 1.29 is 9.50 Å². The lowest BCUT2D eigenvalue weighted by molar-refractivity contribution is 0.0721. The summed E-state index contributed by atoms with van der Waals surface area (Å²) in [4.78, 5) is 0. The van der Waals surface area contributed by atoms with Gasteiger partial charge in [0, 0.05) is 12.0 Å². The number of nitrogens with two attached hydrogens (primary N) is 1. The Balaban J connectivity index is 2.11. The molecule has 1 aromatic carbocycles. The molecular weight excluding hydrogens is 205 g/mol. The van der Waals surface area contributed by atoms with Gasteiger partial charge in [0.2, 0.25) is 0 Å². The predicted octanol–water partition coefficient (Wildman–Crippen LogP) is 2.38. The normalized spacial score (nSPS) is 27.7. The molecular formula is C13H18FNO. The van der Waals surface area contributed by atoms with E-state index < -0.39 is 6.10 Å². The summed E-state index contributed by atoms with van der Waals surface area (Å²) in [6, 6.07) is 6.11. The molecule has 3 unspecified atom stereocenters. The molecule has 3 atom stereocenters. The van der Waals surface area contributed by atoms with Crippen molar-refractivity contribution in [3.05, 3.63) is 35.6 Å². The van der Waals surface area contributed by atoms with E-state index >= 15 is 0 Å². The topological polar surface area (TPSA) is 46.2 Å². The molecule has 0 saturated heterocycles. The third kappa shape index (κ3) is 2.42. The van der Waals surface area contributed by atoms with Crippen molar-refractivity contribution >= 4 is 0 Å². The number of benzene rings is 1. The highest BCUT2D eigenvalue weighted by molar-refractivity contribution is 5.19. The molecule has 0 amide bonds. The minimum Gasteiger partial charge on any atom is -0.388 e. The van der Waals surface area contributed by atoms with E-state index in [0.29, 0.717) is 0 Å². The number of aliphatic hydroxyl groups is 1. The number of hydrogen-bond acceptors (Lipinski definition) is 2. The number of rotatable bonds is 2. The summed E-state index contributed by atoms with van der Waals surface area (Å²) in [5.41, 5.74) is 6.78. The zero-order chi connectivity index (χ0) is 11.5. The molecule has 3 heteroatoms. The van der Waals surface area contributed by atoms with Crippen LogP contribution in [0.25, 0.3) is 0 Å². The van der Waals surface area contributed by atoms with Crippen LogP contribution >= 0.6 is 0 Å². The molecule has 1 aromatic rings. The molecule has 2 rings (SSSR count). The van der Waals surface area contributed by atoms with Gasteiger partial charge in [0.1, 0.15) is 5.82 Å². The maximum Gasteiger partial charge on any atom is 0.123 e. The third-order valence-corrected chi connectivity index (χ3v) is 3.49. The molecule has 0 aliphatic heterocycles. The first-order valence-corrected chi connectivity index (χ1v) is 5.87. The average molecular weight is 223 g/mol. The van der Waals surface area contributed by atoms with Gasteiger partial charge < -0.3 is 10.8 Å². The molecule has 2 nitrogen and oxygen atoms in total. The highest BCUT2D eigenvalue weighted by Gasteiger charge is 2.29. The van der Waals surface area contributed by atoms with Crippen LogP contribution in [0, 0.1) is 11.7 Å². The van der Waals surface area contributed by atoms with Crippen LogP contribution in [0.3, 0.4) is 0 Å². The Bertz CT molecular complexity index is 338. The first-order chi connectivity index (χ1) is 7.68. The minimum atomic E-state index is -0.559. The maximum absolute atomic E-state index is 12.8. The number of halogens is 1. The predicted molar refractivity (Wildman–Crippen MR) is 61.3 cm³/mol. The molecule has 0 bridgehead atoms. The van der Waals surface area contributed by atoms with Gasteiger partial charge in [-0.25, -0.2) is 4.39 Å². The Morgan fingerprint density at radius 1 is 1.19 bits per heavy atom. The Morgan fingerprint density at radius 2 is 1.81 bits per heavy atom. The van der Waals surface area contributed by atoms with Crippen LogP contribution in [0.4, 0.5) is 4.39 Å². The second-order valence-electron chi connectivity index (χ2n) is 4.61. The van der Waals surface area contributed by atoms with Crippen LogP contribution in [-0.2, 0) is 0 Å². The highest BCUT2D eigenvalue weighted by atomic mass is 19.1. The summed E-state index contributed by atoms with van der Waals surface area (Å²) in [6.45, 7) is 0. The Hall–Kier alpha value is -0.930. The van der Waals surface area contributed by atoms with E-state index in [1.807, 2.05) is 0 Å². The van der Waals surface area contributed by atoms with Crippen LogP contribution < -0.4 is 5.73 Å². The van der Waals surface area contributed by atoms with Crippen molar-refractivity contribution in [1.29, 1.82) is 0 Å². The van der Waals surface area contributed by atoms with E-state index in [2.05, 4.69) is 0 Å². The van der Waals surface area contributed by atoms with Gasteiger partial charge in [-0.05, 0) is 30.5 Å². The molecule has 0 heterocycles. The van der Waals surface area contributed by atoms with Crippen molar-refractivity contribution in [1.82, 2.24) is 0 Å². The lowest BCUT2D eigenvalue weighted by Crippen LogP contribution is -2.36. The smallest absolute Gasteiger partial charge is 0.123 e. The van der Waals surface area contributed by atoms with Gasteiger partial charge in [0.25, 0.3) is 0 Å². The Morgan fingerprint density at radius 3 is 2.44 bits per heavy atom. The van der Waals surface area contributed by atoms with Gasteiger partial charge in [0.15, 0.2) is 0 Å². The molecule has 0 aromatic heterocycles. The fourth-order valence-electron chi connectivity index (χ4n) is 2.49. The van der Waals surface area contributed by atoms with E-state index in [0.717, 1.165) is 31.2 Å². The van der Waals surface area contributed by atoms with Gasteiger partial charge in [-0.15, -0.1) is 0 Å². The summed E-state index contributed by atoms with van der Waals surface area (Å²) in [5, 5.41) is 10.2. The molecule has 1 saturated carbocycles. The molecule has 16 heavy (non-hydrogen) atoms. The standard InChI is InChI=1S/C13H18FNO/c14-10-7-5-9(6-8-10)13(16)11-3-1-2-4-12(11)15/h5-8,11-13,16H,1-4,15H2. The molecule has 0 radical (unpaired) electrons. The van der Waals surface area contributed by atoms with Crippen molar-refractivity contribution in [3.8, 4) is 0 Å². The molecule has 0 spiro atoms. The Labute approximate surface area is 95.3 Å². The molecule has 1 aliphatic carbocycles. The van der Waals surface area contributed by atoms with Gasteiger partial charge in [-0.1, -0.05) is 25.0 Å². The van der Waals surface area contributed by atoms with E-state index in [1.165, 1.54) is 12.1 Å². The summed E-state index contributed by atoms with van der Waals surface area (Å²) in [5.74, 6) is -0.164. The monoisotopic (exact) mass is 223 g/mol. The maximum atomic E-state index is 12.8. The quantitative estimate of drug-likeness (QED) is 0.808. The van der Waals surface area contributed by atoms with Crippen molar-refractivity contribution in [2.75, 3.05) is 0 Å². The first-order valence-electron chi connectivity index (χ1n) is 5.87. The SMILES string of the molecule is NC1CCCCC1C(O)c1ccc(F)cc1. The molecule has 3 N–H and O–H groups in total. The van der Waals surface area contributed by atoms with E-state index in [-0.39, 0.29) is 17.8 Å². The van der Waals surface area contributed by atoms with Crippen molar-refractivity contribution in [2.24, 2.45) is 11.7 Å². The Kier molecular flexibility index (Phi) is 3.56. The second kappa shape index (κ2) is 4.93. The van der Waals surface area contributed by atoms with Crippen LogP contribution in [0.15, 0.2) is 24.3 Å². The second-order valence-corrected chi connectivity index (χ2v) is 4.61. The lowest BCUT2D eigenvalue weighted by Gasteiger charge is -2.32. The van der Waals surface area contributed by atoms with Gasteiger partial charge >= 0.3 is 0 Å². The van der Waals surface area contributed by atoms with Crippen LogP contribution in [0.5, 0.6) is 0 Å². The van der Waals surface area contributed by atoms with E-state index in [9.17, 15) is 9.50 Å². The van der Waals surface area contributed by atoms with Crippen LogP contribution in [0.1, 0.15) is 37.4 Å². The highest BCUT2D eigenvalue weighted by Crippen LogP contribution is 2.33. The summed E-state index contributed by atoms with van der Waals surface area (Å²) in [7, 11) is 0. The molecule has 88 valence electrons. The fourth-order valence-corrected chi connectivity index (χ4v) is 2.49. The first kappa shape index (κ1) is 11.6. The van der Waals surface area contributed by atoms with Gasteiger partial charge in [0.05, 0.1) is 6.10 Å². The van der Waals surface area contributed by atoms with Crippen molar-refractivity contribution in [3.63, 3.8) is 0 Å². The third-order valence-electron chi connectivity index (χ3n) is 3.49. The van der Waals surface area contributed by atoms with Crippen LogP contribution in [0.2, 0.25) is 0 Å². The van der Waals surface area contributed by atoms with E-state index in [1.54, 1.807) is 12.1 Å². The van der Waals surface area contributed by atoms with Crippen LogP contribution in [-0.4, -0.2) is 11.1 Å².